The molecule has 1 heterocycles. The molecule has 1 aromatic heterocycles. The smallest absolute Gasteiger partial charge is 0.277 e. The van der Waals surface area contributed by atoms with Crippen molar-refractivity contribution in [1.29, 1.82) is 0 Å². The summed E-state index contributed by atoms with van der Waals surface area (Å²) in [5.74, 6) is 1.35. The van der Waals surface area contributed by atoms with Gasteiger partial charge in [-0.15, -0.1) is 10.2 Å². The van der Waals surface area contributed by atoms with Gasteiger partial charge in [0.05, 0.1) is 18.4 Å². The van der Waals surface area contributed by atoms with Gasteiger partial charge in [-0.3, -0.25) is 4.79 Å². The molecular formula is C16H20N2O3S. The summed E-state index contributed by atoms with van der Waals surface area (Å²) >= 11 is 1.24. The Bertz CT molecular complexity index is 674. The van der Waals surface area contributed by atoms with E-state index in [0.29, 0.717) is 22.4 Å². The molecule has 0 radical (unpaired) electrons. The SMILES string of the molecule is COc1ccc(C)cc1C(=O)CSc1nnc(C(C)(C)C)o1. The minimum absolute atomic E-state index is 0.0268. The molecule has 22 heavy (non-hydrogen) atoms. The Morgan fingerprint density at radius 2 is 2.05 bits per heavy atom. The van der Waals surface area contributed by atoms with E-state index in [-0.39, 0.29) is 17.0 Å². The van der Waals surface area contributed by atoms with Gasteiger partial charge in [0.1, 0.15) is 5.75 Å². The van der Waals surface area contributed by atoms with E-state index in [1.54, 1.807) is 13.2 Å². The molecule has 6 heteroatoms. The maximum atomic E-state index is 12.4. The fourth-order valence-corrected chi connectivity index (χ4v) is 2.46. The fourth-order valence-electron chi connectivity index (χ4n) is 1.82. The van der Waals surface area contributed by atoms with E-state index in [0.717, 1.165) is 5.56 Å². The minimum Gasteiger partial charge on any atom is -0.496 e. The monoisotopic (exact) mass is 320 g/mol. The number of hydrogen-bond acceptors (Lipinski definition) is 6. The molecule has 1 aromatic carbocycles. The van der Waals surface area contributed by atoms with Gasteiger partial charge in [-0.05, 0) is 19.1 Å². The maximum absolute atomic E-state index is 12.4. The van der Waals surface area contributed by atoms with Crippen molar-refractivity contribution in [3.63, 3.8) is 0 Å². The molecule has 0 bridgehead atoms. The van der Waals surface area contributed by atoms with Crippen LogP contribution in [-0.2, 0) is 5.41 Å². The number of rotatable bonds is 5. The summed E-state index contributed by atoms with van der Waals surface area (Å²) in [4.78, 5) is 12.4. The van der Waals surface area contributed by atoms with Crippen LogP contribution in [-0.4, -0.2) is 28.8 Å². The number of hydrogen-bond donors (Lipinski definition) is 0. The molecule has 118 valence electrons. The number of methoxy groups -OCH3 is 1. The van der Waals surface area contributed by atoms with Crippen LogP contribution in [0.5, 0.6) is 5.75 Å². The molecule has 2 aromatic rings. The number of nitrogens with zero attached hydrogens (tertiary/aromatic N) is 2. The predicted octanol–water partition coefficient (Wildman–Crippen LogP) is 3.66. The lowest BCUT2D eigenvalue weighted by atomic mass is 9.97. The largest absolute Gasteiger partial charge is 0.496 e. The first-order chi connectivity index (χ1) is 10.3. The van der Waals surface area contributed by atoms with Gasteiger partial charge in [0.2, 0.25) is 5.89 Å². The Morgan fingerprint density at radius 1 is 1.32 bits per heavy atom. The minimum atomic E-state index is -0.199. The molecule has 0 N–H and O–H groups in total. The number of Topliss-reactive ketones (excluding diaryl/α,β-unsaturated/α-hetero) is 1. The third kappa shape index (κ3) is 3.88. The first-order valence-corrected chi connectivity index (χ1v) is 7.94. The highest BCUT2D eigenvalue weighted by Gasteiger charge is 2.22. The molecule has 0 saturated heterocycles. The van der Waals surface area contributed by atoms with Crippen molar-refractivity contribution in [2.75, 3.05) is 12.9 Å². The number of aryl methyl sites for hydroxylation is 1. The Kier molecular flexibility index (Phi) is 4.90. The van der Waals surface area contributed by atoms with Gasteiger partial charge in [0.25, 0.3) is 5.22 Å². The van der Waals surface area contributed by atoms with Crippen LogP contribution in [0.1, 0.15) is 42.6 Å². The van der Waals surface area contributed by atoms with Crippen LogP contribution >= 0.6 is 11.8 Å². The van der Waals surface area contributed by atoms with E-state index in [4.69, 9.17) is 9.15 Å². The molecule has 0 aliphatic carbocycles. The lowest BCUT2D eigenvalue weighted by Gasteiger charge is -2.10. The number of thioether (sulfide) groups is 1. The van der Waals surface area contributed by atoms with E-state index in [1.807, 2.05) is 39.8 Å². The second kappa shape index (κ2) is 6.52. The van der Waals surface area contributed by atoms with Crippen LogP contribution in [0.2, 0.25) is 0 Å². The van der Waals surface area contributed by atoms with Crippen molar-refractivity contribution >= 4 is 17.5 Å². The summed E-state index contributed by atoms with van der Waals surface area (Å²) in [5.41, 5.74) is 1.39. The Balaban J connectivity index is 2.07. The highest BCUT2D eigenvalue weighted by atomic mass is 32.2. The van der Waals surface area contributed by atoms with Crippen LogP contribution in [0.3, 0.4) is 0 Å². The number of aromatic nitrogens is 2. The van der Waals surface area contributed by atoms with Gasteiger partial charge in [0.15, 0.2) is 5.78 Å². The number of carbonyl (C=O) groups is 1. The molecular weight excluding hydrogens is 300 g/mol. The molecule has 0 aliphatic rings. The van der Waals surface area contributed by atoms with Crippen LogP contribution in [0, 0.1) is 6.92 Å². The van der Waals surface area contributed by atoms with E-state index < -0.39 is 0 Å². The van der Waals surface area contributed by atoms with Gasteiger partial charge >= 0.3 is 0 Å². The second-order valence-electron chi connectivity index (χ2n) is 6.04. The van der Waals surface area contributed by atoms with Crippen molar-refractivity contribution in [3.8, 4) is 5.75 Å². The van der Waals surface area contributed by atoms with Crippen LogP contribution < -0.4 is 4.74 Å². The normalized spacial score (nSPS) is 11.5. The average molecular weight is 320 g/mol. The van der Waals surface area contributed by atoms with E-state index >= 15 is 0 Å². The second-order valence-corrected chi connectivity index (χ2v) is 6.97. The fraction of sp³-hybridized carbons (Fsp3) is 0.438. The standard InChI is InChI=1S/C16H20N2O3S/c1-10-6-7-13(20-5)11(8-10)12(19)9-22-15-18-17-14(21-15)16(2,3)4/h6-8H,9H2,1-5H3. The first-order valence-electron chi connectivity index (χ1n) is 6.96. The predicted molar refractivity (Wildman–Crippen MR) is 85.8 cm³/mol. The lowest BCUT2D eigenvalue weighted by molar-refractivity contribution is 0.101. The highest BCUT2D eigenvalue weighted by molar-refractivity contribution is 7.99. The number of ether oxygens (including phenoxy) is 1. The van der Waals surface area contributed by atoms with Gasteiger partial charge < -0.3 is 9.15 Å². The summed E-state index contributed by atoms with van der Waals surface area (Å²) in [5, 5.41) is 8.39. The molecule has 0 fully saturated rings. The van der Waals surface area contributed by atoms with E-state index in [1.165, 1.54) is 11.8 Å². The van der Waals surface area contributed by atoms with Gasteiger partial charge in [0, 0.05) is 5.41 Å². The molecule has 0 saturated carbocycles. The Labute approximate surface area is 134 Å². The molecule has 0 atom stereocenters. The topological polar surface area (TPSA) is 65.2 Å². The Morgan fingerprint density at radius 3 is 2.64 bits per heavy atom. The van der Waals surface area contributed by atoms with Crippen molar-refractivity contribution in [2.45, 2.75) is 38.3 Å². The first kappa shape index (κ1) is 16.5. The van der Waals surface area contributed by atoms with Crippen LogP contribution in [0.4, 0.5) is 0 Å². The summed E-state index contributed by atoms with van der Waals surface area (Å²) < 4.78 is 10.8. The maximum Gasteiger partial charge on any atom is 0.277 e. The van der Waals surface area contributed by atoms with Crippen LogP contribution in [0.25, 0.3) is 0 Å². The summed E-state index contributed by atoms with van der Waals surface area (Å²) in [6, 6.07) is 5.55. The van der Waals surface area contributed by atoms with Crippen molar-refractivity contribution in [3.05, 3.63) is 35.2 Å². The third-order valence-corrected chi connectivity index (χ3v) is 3.85. The van der Waals surface area contributed by atoms with Gasteiger partial charge in [-0.25, -0.2) is 0 Å². The van der Waals surface area contributed by atoms with Crippen molar-refractivity contribution in [2.24, 2.45) is 0 Å². The number of benzene rings is 1. The Hall–Kier alpha value is -1.82. The third-order valence-electron chi connectivity index (χ3n) is 3.03. The molecule has 0 aliphatic heterocycles. The van der Waals surface area contributed by atoms with Crippen LogP contribution in [0.15, 0.2) is 27.8 Å². The van der Waals surface area contributed by atoms with Crippen molar-refractivity contribution < 1.29 is 13.9 Å². The quantitative estimate of drug-likeness (QED) is 0.619. The molecule has 5 nitrogen and oxygen atoms in total. The zero-order chi connectivity index (χ0) is 16.3. The van der Waals surface area contributed by atoms with Gasteiger partial charge in [-0.2, -0.15) is 0 Å². The van der Waals surface area contributed by atoms with E-state index in [9.17, 15) is 4.79 Å². The zero-order valence-electron chi connectivity index (χ0n) is 13.5. The zero-order valence-corrected chi connectivity index (χ0v) is 14.3. The molecule has 0 spiro atoms. The highest BCUT2D eigenvalue weighted by Crippen LogP contribution is 2.26. The lowest BCUT2D eigenvalue weighted by Crippen LogP contribution is -2.11. The summed E-state index contributed by atoms with van der Waals surface area (Å²) in [7, 11) is 1.56. The molecule has 2 rings (SSSR count). The van der Waals surface area contributed by atoms with Crippen molar-refractivity contribution in [1.82, 2.24) is 10.2 Å². The summed E-state index contributed by atoms with van der Waals surface area (Å²) in [6.45, 7) is 7.93. The van der Waals surface area contributed by atoms with E-state index in [2.05, 4.69) is 10.2 Å². The molecule has 0 unspecified atom stereocenters. The number of ketones is 1. The average Bonchev–Trinajstić information content (AvgIpc) is 2.93. The molecule has 0 amide bonds. The number of carbonyl (C=O) groups excluding carboxylic acids is 1. The summed E-state index contributed by atoms with van der Waals surface area (Å²) in [6.07, 6.45) is 0. The van der Waals surface area contributed by atoms with Gasteiger partial charge in [-0.1, -0.05) is 44.2 Å².